The maximum absolute atomic E-state index is 10.4. The van der Waals surface area contributed by atoms with Gasteiger partial charge in [0.05, 0.1) is 25.8 Å². The van der Waals surface area contributed by atoms with Crippen LogP contribution in [0.25, 0.3) is 0 Å². The minimum Gasteiger partial charge on any atom is -0.497 e. The molecule has 0 bridgehead atoms. The fourth-order valence-electron chi connectivity index (χ4n) is 2.48. The number of methoxy groups -OCH3 is 1. The number of aliphatic hydroxyl groups is 1. The lowest BCUT2D eigenvalue weighted by Crippen LogP contribution is -2.39. The van der Waals surface area contributed by atoms with Crippen LogP contribution in [0.3, 0.4) is 0 Å². The van der Waals surface area contributed by atoms with Gasteiger partial charge in [0.1, 0.15) is 5.75 Å². The largest absolute Gasteiger partial charge is 0.497 e. The van der Waals surface area contributed by atoms with Crippen molar-refractivity contribution in [1.29, 1.82) is 0 Å². The summed E-state index contributed by atoms with van der Waals surface area (Å²) < 4.78 is 5.20. The molecule has 5 heteroatoms. The van der Waals surface area contributed by atoms with E-state index in [9.17, 15) is 5.11 Å². The van der Waals surface area contributed by atoms with E-state index in [0.29, 0.717) is 5.96 Å². The summed E-state index contributed by atoms with van der Waals surface area (Å²) in [5.74, 6) is 1.41. The molecule has 3 N–H and O–H groups in total. The molecule has 0 fully saturated rings. The number of benzene rings is 2. The van der Waals surface area contributed by atoms with Gasteiger partial charge in [-0.05, 0) is 37.1 Å². The number of hydrogen-bond acceptors (Lipinski definition) is 3. The van der Waals surface area contributed by atoms with E-state index in [1.807, 2.05) is 49.4 Å². The van der Waals surface area contributed by atoms with Gasteiger partial charge >= 0.3 is 0 Å². The summed E-state index contributed by atoms with van der Waals surface area (Å²) in [6, 6.07) is 17.7. The Labute approximate surface area is 149 Å². The summed E-state index contributed by atoms with van der Waals surface area (Å²) in [6.45, 7) is 5.12. The second-order valence-electron chi connectivity index (χ2n) is 5.79. The molecule has 0 spiro atoms. The van der Waals surface area contributed by atoms with Gasteiger partial charge in [-0.1, -0.05) is 42.5 Å². The third-order valence-electron chi connectivity index (χ3n) is 3.90. The monoisotopic (exact) mass is 341 g/mol. The van der Waals surface area contributed by atoms with E-state index in [1.165, 1.54) is 5.56 Å². The molecule has 0 aliphatic heterocycles. The molecule has 0 radical (unpaired) electrons. The average Bonchev–Trinajstić information content (AvgIpc) is 2.66. The van der Waals surface area contributed by atoms with Crippen molar-refractivity contribution >= 4 is 5.96 Å². The van der Waals surface area contributed by atoms with Gasteiger partial charge in [0.25, 0.3) is 0 Å². The van der Waals surface area contributed by atoms with Crippen molar-refractivity contribution in [2.45, 2.75) is 26.0 Å². The Hall–Kier alpha value is -2.53. The lowest BCUT2D eigenvalue weighted by atomic mass is 10.1. The first kappa shape index (κ1) is 18.8. The first-order chi connectivity index (χ1) is 12.1. The molecular formula is C20H27N3O2. The van der Waals surface area contributed by atoms with E-state index < -0.39 is 6.10 Å². The number of aliphatic hydroxyl groups excluding tert-OH is 1. The zero-order valence-corrected chi connectivity index (χ0v) is 15.1. The van der Waals surface area contributed by atoms with Gasteiger partial charge in [-0.25, -0.2) is 0 Å². The summed E-state index contributed by atoms with van der Waals surface area (Å²) in [4.78, 5) is 4.51. The van der Waals surface area contributed by atoms with Crippen LogP contribution < -0.4 is 15.4 Å². The van der Waals surface area contributed by atoms with Crippen LogP contribution >= 0.6 is 0 Å². The van der Waals surface area contributed by atoms with Crippen LogP contribution in [0.15, 0.2) is 59.6 Å². The van der Waals surface area contributed by atoms with Gasteiger partial charge in [-0.15, -0.1) is 0 Å². The topological polar surface area (TPSA) is 65.9 Å². The smallest absolute Gasteiger partial charge is 0.191 e. The van der Waals surface area contributed by atoms with Crippen LogP contribution in [0, 0.1) is 0 Å². The lowest BCUT2D eigenvalue weighted by molar-refractivity contribution is 0.186. The van der Waals surface area contributed by atoms with E-state index >= 15 is 0 Å². The molecule has 0 aliphatic carbocycles. The Morgan fingerprint density at radius 1 is 1.12 bits per heavy atom. The number of nitrogens with one attached hydrogen (secondary N) is 2. The summed E-state index contributed by atoms with van der Waals surface area (Å²) in [7, 11) is 1.61. The SMILES string of the molecule is CCNC(=NCC(O)c1cccc(OC)c1)NC(C)c1ccccc1. The second kappa shape index (κ2) is 9.69. The zero-order valence-electron chi connectivity index (χ0n) is 15.1. The van der Waals surface area contributed by atoms with Crippen molar-refractivity contribution in [2.75, 3.05) is 20.2 Å². The fourth-order valence-corrected chi connectivity index (χ4v) is 2.48. The quantitative estimate of drug-likeness (QED) is 0.535. The van der Waals surface area contributed by atoms with Crippen molar-refractivity contribution in [1.82, 2.24) is 10.6 Å². The Kier molecular flexibility index (Phi) is 7.29. The van der Waals surface area contributed by atoms with Gasteiger partial charge in [0.15, 0.2) is 5.96 Å². The molecule has 0 aliphatic rings. The number of ether oxygens (including phenoxy) is 1. The molecule has 5 nitrogen and oxygen atoms in total. The molecule has 25 heavy (non-hydrogen) atoms. The molecule has 0 saturated heterocycles. The highest BCUT2D eigenvalue weighted by atomic mass is 16.5. The van der Waals surface area contributed by atoms with Crippen molar-refractivity contribution in [2.24, 2.45) is 4.99 Å². The molecule has 2 atom stereocenters. The average molecular weight is 341 g/mol. The van der Waals surface area contributed by atoms with Crippen molar-refractivity contribution < 1.29 is 9.84 Å². The molecular weight excluding hydrogens is 314 g/mol. The first-order valence-corrected chi connectivity index (χ1v) is 8.55. The third kappa shape index (κ3) is 5.80. The fraction of sp³-hybridized carbons (Fsp3) is 0.350. The molecule has 2 rings (SSSR count). The molecule has 0 saturated carbocycles. The first-order valence-electron chi connectivity index (χ1n) is 8.55. The van der Waals surface area contributed by atoms with Crippen LogP contribution in [0.2, 0.25) is 0 Å². The maximum Gasteiger partial charge on any atom is 0.191 e. The van der Waals surface area contributed by atoms with Crippen LogP contribution in [-0.2, 0) is 0 Å². The van der Waals surface area contributed by atoms with Crippen LogP contribution in [0.1, 0.15) is 37.1 Å². The highest BCUT2D eigenvalue weighted by molar-refractivity contribution is 5.80. The number of aliphatic imine (C=N–C) groups is 1. The van der Waals surface area contributed by atoms with Crippen molar-refractivity contribution in [3.05, 3.63) is 65.7 Å². The number of hydrogen-bond donors (Lipinski definition) is 3. The van der Waals surface area contributed by atoms with E-state index in [2.05, 4.69) is 34.7 Å². The molecule has 134 valence electrons. The minimum absolute atomic E-state index is 0.118. The van der Waals surface area contributed by atoms with Crippen LogP contribution in [0.4, 0.5) is 0 Å². The normalized spacial score (nSPS) is 13.8. The minimum atomic E-state index is -0.683. The lowest BCUT2D eigenvalue weighted by Gasteiger charge is -2.19. The molecule has 0 aromatic heterocycles. The zero-order chi connectivity index (χ0) is 18.1. The van der Waals surface area contributed by atoms with E-state index in [0.717, 1.165) is 17.9 Å². The van der Waals surface area contributed by atoms with Gasteiger partial charge in [0.2, 0.25) is 0 Å². The van der Waals surface area contributed by atoms with Gasteiger partial charge in [-0.2, -0.15) is 0 Å². The summed E-state index contributed by atoms with van der Waals surface area (Å²) in [5.41, 5.74) is 1.97. The summed E-state index contributed by atoms with van der Waals surface area (Å²) in [6.07, 6.45) is -0.683. The van der Waals surface area contributed by atoms with Gasteiger partial charge in [0, 0.05) is 6.54 Å². The predicted molar refractivity (Wildman–Crippen MR) is 102 cm³/mol. The predicted octanol–water partition coefficient (Wildman–Crippen LogP) is 3.04. The number of rotatable bonds is 7. The second-order valence-corrected chi connectivity index (χ2v) is 5.79. The molecule has 2 aromatic rings. The molecule has 2 aromatic carbocycles. The van der Waals surface area contributed by atoms with E-state index in [-0.39, 0.29) is 12.6 Å². The standard InChI is InChI=1S/C20H27N3O2/c1-4-21-20(23-15(2)16-9-6-5-7-10-16)22-14-19(24)17-11-8-12-18(13-17)25-3/h5-13,15,19,24H,4,14H2,1-3H3,(H2,21,22,23). The molecule has 2 unspecified atom stereocenters. The van der Waals surface area contributed by atoms with E-state index in [1.54, 1.807) is 7.11 Å². The summed E-state index contributed by atoms with van der Waals surface area (Å²) in [5, 5.41) is 17.0. The number of guanidine groups is 1. The highest BCUT2D eigenvalue weighted by Crippen LogP contribution is 2.19. The Bertz CT molecular complexity index is 674. The van der Waals surface area contributed by atoms with E-state index in [4.69, 9.17) is 4.74 Å². The van der Waals surface area contributed by atoms with Crippen LogP contribution in [-0.4, -0.2) is 31.3 Å². The Morgan fingerprint density at radius 2 is 1.84 bits per heavy atom. The van der Waals surface area contributed by atoms with Crippen LogP contribution in [0.5, 0.6) is 5.75 Å². The van der Waals surface area contributed by atoms with Crippen molar-refractivity contribution in [3.8, 4) is 5.75 Å². The molecule has 0 heterocycles. The van der Waals surface area contributed by atoms with Crippen molar-refractivity contribution in [3.63, 3.8) is 0 Å². The summed E-state index contributed by atoms with van der Waals surface area (Å²) >= 11 is 0. The molecule has 0 amide bonds. The van der Waals surface area contributed by atoms with Gasteiger partial charge in [-0.3, -0.25) is 4.99 Å². The Morgan fingerprint density at radius 3 is 2.52 bits per heavy atom. The van der Waals surface area contributed by atoms with Gasteiger partial charge < -0.3 is 20.5 Å². The maximum atomic E-state index is 10.4. The third-order valence-corrected chi connectivity index (χ3v) is 3.90. The number of nitrogens with zero attached hydrogens (tertiary/aromatic N) is 1. The Balaban J connectivity index is 2.03. The highest BCUT2D eigenvalue weighted by Gasteiger charge is 2.10.